The Balaban J connectivity index is 1.37. The van der Waals surface area contributed by atoms with Gasteiger partial charge in [0.2, 0.25) is 15.8 Å². The van der Waals surface area contributed by atoms with Crippen LogP contribution < -0.4 is 0 Å². The Hall–Kier alpha value is -1.82. The average molecular weight is 482 g/mol. The molecular formula is C20H20ClN3O5S2. The van der Waals surface area contributed by atoms with Crippen molar-refractivity contribution in [3.8, 4) is 22.2 Å². The Morgan fingerprint density at radius 2 is 1.81 bits per heavy atom. The Kier molecular flexibility index (Phi) is 5.40. The molecule has 0 amide bonds. The third-order valence-electron chi connectivity index (χ3n) is 5.53. The minimum atomic E-state index is -3.65. The monoisotopic (exact) mass is 481 g/mol. The van der Waals surface area contributed by atoms with E-state index >= 15 is 0 Å². The van der Waals surface area contributed by atoms with Gasteiger partial charge >= 0.3 is 0 Å². The van der Waals surface area contributed by atoms with E-state index in [1.807, 2.05) is 0 Å². The summed E-state index contributed by atoms with van der Waals surface area (Å²) in [7, 11) is -3.65. The van der Waals surface area contributed by atoms with Crippen molar-refractivity contribution in [1.82, 2.24) is 14.4 Å². The summed E-state index contributed by atoms with van der Waals surface area (Å²) >= 11 is 7.24. The molecule has 0 atom stereocenters. The highest BCUT2D eigenvalue weighted by molar-refractivity contribution is 7.89. The fourth-order valence-corrected chi connectivity index (χ4v) is 6.91. The number of thiophene rings is 1. The number of sulfonamides is 1. The van der Waals surface area contributed by atoms with E-state index in [1.165, 1.54) is 15.6 Å². The van der Waals surface area contributed by atoms with Crippen LogP contribution >= 0.6 is 22.9 Å². The van der Waals surface area contributed by atoms with Gasteiger partial charge in [-0.2, -0.15) is 9.29 Å². The Morgan fingerprint density at radius 1 is 1.13 bits per heavy atom. The van der Waals surface area contributed by atoms with Crippen molar-refractivity contribution in [2.45, 2.75) is 30.4 Å². The fourth-order valence-electron chi connectivity index (χ4n) is 3.86. The van der Waals surface area contributed by atoms with Gasteiger partial charge in [0, 0.05) is 41.4 Å². The van der Waals surface area contributed by atoms with Gasteiger partial charge in [0.15, 0.2) is 5.79 Å². The molecule has 0 saturated carbocycles. The second-order valence-corrected chi connectivity index (χ2v) is 11.1. The van der Waals surface area contributed by atoms with Crippen LogP contribution in [0.4, 0.5) is 0 Å². The third kappa shape index (κ3) is 3.92. The predicted molar refractivity (Wildman–Crippen MR) is 115 cm³/mol. The van der Waals surface area contributed by atoms with E-state index in [2.05, 4.69) is 10.1 Å². The molecule has 2 aliphatic rings. The smallest absolute Gasteiger partial charge is 0.268 e. The number of halogens is 1. The normalized spacial score (nSPS) is 19.3. The number of nitrogens with zero attached hydrogens (tertiary/aromatic N) is 3. The lowest BCUT2D eigenvalue weighted by atomic mass is 10.1. The molecule has 2 fully saturated rings. The number of rotatable bonds is 4. The number of benzene rings is 1. The molecule has 0 aliphatic carbocycles. The zero-order valence-corrected chi connectivity index (χ0v) is 19.1. The largest absolute Gasteiger partial charge is 0.347 e. The quantitative estimate of drug-likeness (QED) is 0.556. The molecule has 1 spiro atoms. The minimum Gasteiger partial charge on any atom is -0.347 e. The van der Waals surface area contributed by atoms with Crippen molar-refractivity contribution in [1.29, 1.82) is 0 Å². The number of hydrogen-bond donors (Lipinski definition) is 0. The van der Waals surface area contributed by atoms with Crippen LogP contribution in [-0.4, -0.2) is 55.0 Å². The van der Waals surface area contributed by atoms with E-state index in [1.54, 1.807) is 37.3 Å². The molecule has 0 radical (unpaired) electrons. The Labute approximate surface area is 188 Å². The van der Waals surface area contributed by atoms with E-state index in [4.69, 9.17) is 25.6 Å². The van der Waals surface area contributed by atoms with Gasteiger partial charge in [-0.25, -0.2) is 8.42 Å². The summed E-state index contributed by atoms with van der Waals surface area (Å²) in [4.78, 5) is 5.98. The number of hydrogen-bond acceptors (Lipinski definition) is 8. The number of aryl methyl sites for hydroxylation is 1. The van der Waals surface area contributed by atoms with Gasteiger partial charge in [-0.05, 0) is 37.3 Å². The Morgan fingerprint density at radius 3 is 2.48 bits per heavy atom. The van der Waals surface area contributed by atoms with Crippen molar-refractivity contribution in [3.63, 3.8) is 0 Å². The number of piperidine rings is 1. The molecule has 0 bridgehead atoms. The van der Waals surface area contributed by atoms with E-state index in [0.717, 1.165) is 5.56 Å². The van der Waals surface area contributed by atoms with Gasteiger partial charge in [-0.15, -0.1) is 11.3 Å². The SMILES string of the molecule is Cc1sc(-c2nc(-c3ccc(Cl)cc3)no2)cc1S(=O)(=O)N1CCC2(CC1)OCCO2. The number of aromatic nitrogens is 2. The molecule has 2 aromatic heterocycles. The van der Waals surface area contributed by atoms with Crippen LogP contribution in [0.1, 0.15) is 17.7 Å². The van der Waals surface area contributed by atoms with E-state index in [-0.39, 0.29) is 10.8 Å². The zero-order valence-electron chi connectivity index (χ0n) is 16.7. The first-order valence-electron chi connectivity index (χ1n) is 9.85. The first-order chi connectivity index (χ1) is 14.9. The third-order valence-corrected chi connectivity index (χ3v) is 8.97. The van der Waals surface area contributed by atoms with Crippen LogP contribution in [0.15, 0.2) is 39.8 Å². The van der Waals surface area contributed by atoms with Crippen LogP contribution in [0.2, 0.25) is 5.02 Å². The number of ether oxygens (including phenoxy) is 2. The van der Waals surface area contributed by atoms with Crippen LogP contribution in [0, 0.1) is 6.92 Å². The highest BCUT2D eigenvalue weighted by atomic mass is 35.5. The first-order valence-corrected chi connectivity index (χ1v) is 12.5. The molecule has 164 valence electrons. The molecule has 11 heteroatoms. The lowest BCUT2D eigenvalue weighted by Gasteiger charge is -2.36. The summed E-state index contributed by atoms with van der Waals surface area (Å²) in [5, 5.41) is 4.63. The maximum Gasteiger partial charge on any atom is 0.268 e. The van der Waals surface area contributed by atoms with Crippen LogP contribution in [-0.2, 0) is 19.5 Å². The van der Waals surface area contributed by atoms with Gasteiger partial charge in [0.05, 0.1) is 23.0 Å². The maximum atomic E-state index is 13.3. The molecule has 2 saturated heterocycles. The molecule has 0 unspecified atom stereocenters. The summed E-state index contributed by atoms with van der Waals surface area (Å²) in [5.74, 6) is 0.0766. The van der Waals surface area contributed by atoms with Gasteiger partial charge in [-0.3, -0.25) is 0 Å². The second-order valence-electron chi connectivity index (χ2n) is 7.47. The van der Waals surface area contributed by atoms with Gasteiger partial charge < -0.3 is 14.0 Å². The van der Waals surface area contributed by atoms with E-state index in [0.29, 0.717) is 59.7 Å². The standard InChI is InChI=1S/C20H20ClN3O5S2/c1-13-17(31(25,26)24-8-6-20(7-9-24)27-10-11-28-20)12-16(30-13)19-22-18(23-29-19)14-2-4-15(21)5-3-14/h2-5,12H,6-11H2,1H3. The maximum absolute atomic E-state index is 13.3. The molecule has 31 heavy (non-hydrogen) atoms. The van der Waals surface area contributed by atoms with Crippen molar-refractivity contribution in [2.24, 2.45) is 0 Å². The lowest BCUT2D eigenvalue weighted by molar-refractivity contribution is -0.179. The second kappa shape index (κ2) is 7.95. The molecular weight excluding hydrogens is 462 g/mol. The van der Waals surface area contributed by atoms with Crippen LogP contribution in [0.5, 0.6) is 0 Å². The predicted octanol–water partition coefficient (Wildman–Crippen LogP) is 3.95. The first kappa shape index (κ1) is 21.0. The highest BCUT2D eigenvalue weighted by Gasteiger charge is 2.43. The molecule has 8 nitrogen and oxygen atoms in total. The summed E-state index contributed by atoms with van der Waals surface area (Å²) in [6.07, 6.45) is 1.05. The molecule has 1 aromatic carbocycles. The van der Waals surface area contributed by atoms with Crippen molar-refractivity contribution in [3.05, 3.63) is 40.2 Å². The minimum absolute atomic E-state index is 0.267. The average Bonchev–Trinajstić information content (AvgIpc) is 3.49. The van der Waals surface area contributed by atoms with Crippen molar-refractivity contribution in [2.75, 3.05) is 26.3 Å². The highest BCUT2D eigenvalue weighted by Crippen LogP contribution is 2.38. The van der Waals surface area contributed by atoms with Crippen molar-refractivity contribution >= 4 is 33.0 Å². The van der Waals surface area contributed by atoms with E-state index < -0.39 is 15.8 Å². The van der Waals surface area contributed by atoms with Gasteiger partial charge in [0.25, 0.3) is 5.89 Å². The molecule has 4 heterocycles. The molecule has 3 aromatic rings. The topological polar surface area (TPSA) is 94.8 Å². The Bertz CT molecular complexity index is 1190. The summed E-state index contributed by atoms with van der Waals surface area (Å²) in [5.41, 5.74) is 0.763. The van der Waals surface area contributed by atoms with Crippen LogP contribution in [0.25, 0.3) is 22.2 Å². The zero-order chi connectivity index (χ0) is 21.6. The van der Waals surface area contributed by atoms with Gasteiger partial charge in [0.1, 0.15) is 0 Å². The van der Waals surface area contributed by atoms with Crippen molar-refractivity contribution < 1.29 is 22.4 Å². The summed E-state index contributed by atoms with van der Waals surface area (Å²) < 4.78 is 44.9. The summed E-state index contributed by atoms with van der Waals surface area (Å²) in [6.45, 7) is 3.61. The fraction of sp³-hybridized carbons (Fsp3) is 0.400. The van der Waals surface area contributed by atoms with Gasteiger partial charge in [-0.1, -0.05) is 16.8 Å². The summed E-state index contributed by atoms with van der Waals surface area (Å²) in [6, 6.07) is 8.71. The molecule has 0 N–H and O–H groups in total. The van der Waals surface area contributed by atoms with E-state index in [9.17, 15) is 8.42 Å². The molecule has 2 aliphatic heterocycles. The van der Waals surface area contributed by atoms with Crippen LogP contribution in [0.3, 0.4) is 0 Å². The lowest BCUT2D eigenvalue weighted by Crippen LogP contribution is -2.47. The molecule has 5 rings (SSSR count).